The van der Waals surface area contributed by atoms with Gasteiger partial charge in [0.05, 0.1) is 0 Å². The molecule has 4 nitrogen and oxygen atoms in total. The Labute approximate surface area is 195 Å². The number of likely N-dealkylation sites (tertiary alicyclic amines) is 1. The number of para-hydroxylation sites is 1. The van der Waals surface area contributed by atoms with Crippen molar-refractivity contribution in [3.63, 3.8) is 0 Å². The van der Waals surface area contributed by atoms with Gasteiger partial charge in [0, 0.05) is 18.8 Å². The number of hydrogen-bond donors (Lipinski definition) is 1. The van der Waals surface area contributed by atoms with Crippen LogP contribution in [0.4, 0.5) is 14.9 Å². The molecule has 0 spiro atoms. The lowest BCUT2D eigenvalue weighted by Gasteiger charge is -2.33. The number of nitrogens with two attached hydrogens (primary N) is 1. The maximum Gasteiger partial charge on any atom is 0.319 e. The Balaban J connectivity index is 1.38. The predicted molar refractivity (Wildman–Crippen MR) is 132 cm³/mol. The summed E-state index contributed by atoms with van der Waals surface area (Å²) in [5.74, 6) is 0.458. The van der Waals surface area contributed by atoms with Gasteiger partial charge in [0.15, 0.2) is 0 Å². The number of nitrogens with zero attached hydrogens (tertiary/aromatic N) is 2. The molecule has 1 aliphatic rings. The van der Waals surface area contributed by atoms with Crippen LogP contribution in [0.5, 0.6) is 0 Å². The van der Waals surface area contributed by atoms with E-state index in [1.54, 1.807) is 17.0 Å². The highest BCUT2D eigenvalue weighted by molar-refractivity contribution is 5.91. The first kappa shape index (κ1) is 23.0. The van der Waals surface area contributed by atoms with Gasteiger partial charge in [0.25, 0.3) is 0 Å². The molecule has 0 unspecified atom stereocenters. The molecule has 0 bridgehead atoms. The van der Waals surface area contributed by atoms with Crippen LogP contribution < -0.4 is 10.6 Å². The molecule has 3 aromatic carbocycles. The van der Waals surface area contributed by atoms with Crippen molar-refractivity contribution in [2.24, 2.45) is 11.7 Å². The number of benzene rings is 3. The molecule has 5 heteroatoms. The van der Waals surface area contributed by atoms with Crippen LogP contribution in [0.1, 0.15) is 29.5 Å². The summed E-state index contributed by atoms with van der Waals surface area (Å²) in [6.07, 6.45) is 4.12. The van der Waals surface area contributed by atoms with Crippen LogP contribution in [0.15, 0.2) is 78.9 Å². The van der Waals surface area contributed by atoms with Crippen LogP contribution in [-0.2, 0) is 19.4 Å². The molecule has 1 fully saturated rings. The Kier molecular flexibility index (Phi) is 7.74. The van der Waals surface area contributed by atoms with Crippen molar-refractivity contribution in [2.75, 3.05) is 24.5 Å². The minimum Gasteiger partial charge on any atom is -0.351 e. The standard InChI is InChI=1S/C28H32FN3O/c29-26-12-10-22(11-13-26)16-19-32(28(30)33)27-9-5-4-8-25(27)21-31-17-14-24(15-18-31)20-23-6-2-1-3-7-23/h1-13,24H,14-21H2,(H2,30,33). The molecule has 3 aromatic rings. The quantitative estimate of drug-likeness (QED) is 0.504. The molecule has 2 N–H and O–H groups in total. The van der Waals surface area contributed by atoms with E-state index in [0.29, 0.717) is 13.0 Å². The summed E-state index contributed by atoms with van der Waals surface area (Å²) in [6, 6.07) is 24.7. The number of anilines is 1. The second kappa shape index (κ2) is 11.1. The maximum absolute atomic E-state index is 13.2. The Hall–Kier alpha value is -3.18. The van der Waals surface area contributed by atoms with Gasteiger partial charge in [-0.05, 0) is 79.6 Å². The van der Waals surface area contributed by atoms with Gasteiger partial charge in [-0.3, -0.25) is 9.80 Å². The summed E-state index contributed by atoms with van der Waals surface area (Å²) in [7, 11) is 0. The predicted octanol–water partition coefficient (Wildman–Crippen LogP) is 5.41. The van der Waals surface area contributed by atoms with Gasteiger partial charge >= 0.3 is 6.03 Å². The van der Waals surface area contributed by atoms with E-state index >= 15 is 0 Å². The lowest BCUT2D eigenvalue weighted by molar-refractivity contribution is 0.177. The van der Waals surface area contributed by atoms with E-state index in [-0.39, 0.29) is 5.82 Å². The second-order valence-corrected chi connectivity index (χ2v) is 8.90. The Morgan fingerprint density at radius 3 is 2.27 bits per heavy atom. The summed E-state index contributed by atoms with van der Waals surface area (Å²) in [6.45, 7) is 3.36. The zero-order chi connectivity index (χ0) is 23.0. The highest BCUT2D eigenvalue weighted by atomic mass is 19.1. The number of carbonyl (C=O) groups excluding carboxylic acids is 1. The van der Waals surface area contributed by atoms with Gasteiger partial charge in [-0.2, -0.15) is 0 Å². The molecule has 0 aliphatic carbocycles. The molecule has 0 aromatic heterocycles. The van der Waals surface area contributed by atoms with Gasteiger partial charge in [-0.15, -0.1) is 0 Å². The largest absolute Gasteiger partial charge is 0.351 e. The number of primary amides is 1. The minimum atomic E-state index is -0.467. The molecule has 0 saturated carbocycles. The Morgan fingerprint density at radius 2 is 1.58 bits per heavy atom. The smallest absolute Gasteiger partial charge is 0.319 e. The van der Waals surface area contributed by atoms with E-state index in [1.807, 2.05) is 18.2 Å². The summed E-state index contributed by atoms with van der Waals surface area (Å²) in [4.78, 5) is 16.4. The van der Waals surface area contributed by atoms with Crippen molar-refractivity contribution in [3.8, 4) is 0 Å². The summed E-state index contributed by atoms with van der Waals surface area (Å²) in [5, 5.41) is 0. The average molecular weight is 446 g/mol. The lowest BCUT2D eigenvalue weighted by atomic mass is 9.90. The number of carbonyl (C=O) groups is 1. The number of hydrogen-bond acceptors (Lipinski definition) is 2. The van der Waals surface area contributed by atoms with E-state index in [2.05, 4.69) is 41.3 Å². The molecule has 1 heterocycles. The fourth-order valence-corrected chi connectivity index (χ4v) is 4.69. The normalized spacial score (nSPS) is 14.8. The number of amides is 2. The first-order valence-electron chi connectivity index (χ1n) is 11.7. The first-order chi connectivity index (χ1) is 16.1. The fourth-order valence-electron chi connectivity index (χ4n) is 4.69. The number of halogens is 1. The molecule has 1 aliphatic heterocycles. The third kappa shape index (κ3) is 6.42. The topological polar surface area (TPSA) is 49.6 Å². The second-order valence-electron chi connectivity index (χ2n) is 8.90. The van der Waals surface area contributed by atoms with Gasteiger partial charge in [0.2, 0.25) is 0 Å². The van der Waals surface area contributed by atoms with Crippen LogP contribution in [-0.4, -0.2) is 30.6 Å². The monoisotopic (exact) mass is 445 g/mol. The van der Waals surface area contributed by atoms with E-state index in [1.165, 1.54) is 30.5 Å². The van der Waals surface area contributed by atoms with Gasteiger partial charge in [0.1, 0.15) is 5.82 Å². The molecule has 172 valence electrons. The van der Waals surface area contributed by atoms with Crippen LogP contribution >= 0.6 is 0 Å². The zero-order valence-corrected chi connectivity index (χ0v) is 19.0. The van der Waals surface area contributed by atoms with Gasteiger partial charge < -0.3 is 5.73 Å². The summed E-state index contributed by atoms with van der Waals surface area (Å²) >= 11 is 0. The van der Waals surface area contributed by atoms with Crippen molar-refractivity contribution in [2.45, 2.75) is 32.2 Å². The maximum atomic E-state index is 13.2. The third-order valence-electron chi connectivity index (χ3n) is 6.55. The van der Waals surface area contributed by atoms with Crippen LogP contribution in [0.2, 0.25) is 0 Å². The highest BCUT2D eigenvalue weighted by Gasteiger charge is 2.22. The Morgan fingerprint density at radius 1 is 0.909 bits per heavy atom. The van der Waals surface area contributed by atoms with Crippen LogP contribution in [0, 0.1) is 11.7 Å². The molecule has 33 heavy (non-hydrogen) atoms. The van der Waals surface area contributed by atoms with Crippen molar-refractivity contribution >= 4 is 11.7 Å². The third-order valence-corrected chi connectivity index (χ3v) is 6.55. The Bertz CT molecular complexity index is 1030. The first-order valence-corrected chi connectivity index (χ1v) is 11.7. The zero-order valence-electron chi connectivity index (χ0n) is 19.0. The van der Waals surface area contributed by atoms with E-state index in [4.69, 9.17) is 5.73 Å². The van der Waals surface area contributed by atoms with Crippen LogP contribution in [0.3, 0.4) is 0 Å². The van der Waals surface area contributed by atoms with E-state index < -0.39 is 6.03 Å². The molecule has 0 radical (unpaired) electrons. The van der Waals surface area contributed by atoms with Crippen molar-refractivity contribution in [3.05, 3.63) is 101 Å². The van der Waals surface area contributed by atoms with E-state index in [0.717, 1.165) is 48.8 Å². The van der Waals surface area contributed by atoms with Crippen LogP contribution in [0.25, 0.3) is 0 Å². The van der Waals surface area contributed by atoms with Crippen molar-refractivity contribution < 1.29 is 9.18 Å². The molecule has 2 amide bonds. The molecule has 1 saturated heterocycles. The van der Waals surface area contributed by atoms with Crippen molar-refractivity contribution in [1.82, 2.24) is 4.90 Å². The summed E-state index contributed by atoms with van der Waals surface area (Å²) in [5.41, 5.74) is 10.1. The minimum absolute atomic E-state index is 0.261. The molecular weight excluding hydrogens is 413 g/mol. The summed E-state index contributed by atoms with van der Waals surface area (Å²) < 4.78 is 13.2. The molecule has 4 rings (SSSR count). The van der Waals surface area contributed by atoms with E-state index in [9.17, 15) is 9.18 Å². The molecular formula is C28H32FN3O. The lowest BCUT2D eigenvalue weighted by Crippen LogP contribution is -2.39. The average Bonchev–Trinajstić information content (AvgIpc) is 2.83. The fraction of sp³-hybridized carbons (Fsp3) is 0.321. The molecule has 0 atom stereocenters. The number of urea groups is 1. The van der Waals surface area contributed by atoms with Crippen molar-refractivity contribution in [1.29, 1.82) is 0 Å². The van der Waals surface area contributed by atoms with Gasteiger partial charge in [-0.25, -0.2) is 9.18 Å². The van der Waals surface area contributed by atoms with Gasteiger partial charge in [-0.1, -0.05) is 60.7 Å². The number of rotatable bonds is 8. The SMILES string of the molecule is NC(=O)N(CCc1ccc(F)cc1)c1ccccc1CN1CCC(Cc2ccccc2)CC1. The highest BCUT2D eigenvalue weighted by Crippen LogP contribution is 2.26. The number of piperidine rings is 1.